The molecule has 0 fully saturated rings. The molecule has 0 saturated heterocycles. The average molecular weight is 739 g/mol. The summed E-state index contributed by atoms with van der Waals surface area (Å²) < 4.78 is 0. The zero-order valence-corrected chi connectivity index (χ0v) is 31.4. The summed E-state index contributed by atoms with van der Waals surface area (Å²) >= 11 is 0. The molecule has 0 heterocycles. The molecule has 3 aliphatic rings. The Morgan fingerprint density at radius 1 is 0.293 bits per heavy atom. The van der Waals surface area contributed by atoms with Gasteiger partial charge in [-0.05, 0) is 122 Å². The number of carbonyl (C=O) groups excluding carboxylic acids is 2. The van der Waals surface area contributed by atoms with Crippen LogP contribution in [0.3, 0.4) is 0 Å². The maximum atomic E-state index is 14.3. The smallest absolute Gasteiger partial charge is 0.210 e. The largest absolute Gasteiger partial charge is 0.290 e. The SMILES string of the molecule is O=C1C(=O)C2C=CC1c1c2c(-c2ccc3ccccc3c2-c2ccccc2)c2cc3c(ccc4ccccc43)cc2c1-c1ccc2ccccc2c1-c1ccccc1. The van der Waals surface area contributed by atoms with Gasteiger partial charge in [0.2, 0.25) is 11.6 Å². The molecular formula is C56H34O2. The van der Waals surface area contributed by atoms with Crippen molar-refractivity contribution in [3.63, 3.8) is 0 Å². The molecular weight excluding hydrogens is 705 g/mol. The van der Waals surface area contributed by atoms with E-state index in [4.69, 9.17) is 0 Å². The number of Topliss-reactive ketones (excluding diaryl/α,β-unsaturated/α-hetero) is 2. The molecule has 0 amide bonds. The van der Waals surface area contributed by atoms with Crippen LogP contribution in [0, 0.1) is 0 Å². The third-order valence-corrected chi connectivity index (χ3v) is 12.7. The van der Waals surface area contributed by atoms with Crippen LogP contribution in [0.4, 0.5) is 0 Å². The zero-order valence-electron chi connectivity index (χ0n) is 31.4. The number of carbonyl (C=O) groups is 2. The quantitative estimate of drug-likeness (QED) is 0.0780. The lowest BCUT2D eigenvalue weighted by Gasteiger charge is -2.37. The molecule has 13 rings (SSSR count). The Balaban J connectivity index is 1.34. The van der Waals surface area contributed by atoms with Gasteiger partial charge in [0.1, 0.15) is 0 Å². The average Bonchev–Trinajstić information content (AvgIpc) is 3.29. The molecule has 0 spiro atoms. The number of hydrogen-bond donors (Lipinski definition) is 0. The lowest BCUT2D eigenvalue weighted by atomic mass is 9.64. The van der Waals surface area contributed by atoms with Crippen LogP contribution in [0.5, 0.6) is 0 Å². The first kappa shape index (κ1) is 32.8. The van der Waals surface area contributed by atoms with Gasteiger partial charge in [0.15, 0.2) is 0 Å². The molecule has 2 bridgehead atoms. The molecule has 0 aliphatic heterocycles. The highest BCUT2D eigenvalue weighted by Crippen LogP contribution is 2.57. The lowest BCUT2D eigenvalue weighted by Crippen LogP contribution is -2.36. The minimum absolute atomic E-state index is 0.331. The molecule has 58 heavy (non-hydrogen) atoms. The van der Waals surface area contributed by atoms with E-state index in [0.717, 1.165) is 98.7 Å². The van der Waals surface area contributed by atoms with Crippen LogP contribution in [0.1, 0.15) is 23.0 Å². The second-order valence-electron chi connectivity index (χ2n) is 15.7. The summed E-state index contributed by atoms with van der Waals surface area (Å²) in [6, 6.07) is 64.9. The number of hydrogen-bond acceptors (Lipinski definition) is 2. The monoisotopic (exact) mass is 738 g/mol. The summed E-state index contributed by atoms with van der Waals surface area (Å²) in [5.41, 5.74) is 10.5. The van der Waals surface area contributed by atoms with Gasteiger partial charge < -0.3 is 0 Å². The Hall–Kier alpha value is -7.42. The first-order valence-electron chi connectivity index (χ1n) is 20.0. The minimum Gasteiger partial charge on any atom is -0.290 e. The van der Waals surface area contributed by atoms with Crippen molar-refractivity contribution in [2.24, 2.45) is 0 Å². The highest BCUT2D eigenvalue weighted by Gasteiger charge is 2.46. The van der Waals surface area contributed by atoms with E-state index in [1.807, 2.05) is 12.2 Å². The van der Waals surface area contributed by atoms with Gasteiger partial charge in [0.05, 0.1) is 11.8 Å². The maximum Gasteiger partial charge on any atom is 0.210 e. The first-order valence-corrected chi connectivity index (χ1v) is 20.0. The highest BCUT2D eigenvalue weighted by atomic mass is 16.2. The Kier molecular flexibility index (Phi) is 7.09. The molecule has 0 aromatic heterocycles. The van der Waals surface area contributed by atoms with Crippen molar-refractivity contribution in [3.05, 3.63) is 205 Å². The number of rotatable bonds is 4. The minimum atomic E-state index is -0.704. The van der Waals surface area contributed by atoms with E-state index >= 15 is 0 Å². The third kappa shape index (κ3) is 4.66. The van der Waals surface area contributed by atoms with Crippen molar-refractivity contribution in [1.82, 2.24) is 0 Å². The standard InChI is InChI=1S/C56H34O2/c57-55-44-29-30-45(56(55)58)54-52(43-28-26-35-15-9-12-22-41(35)50(43)37-18-5-2-6-19-37)48-32-46-38(24-23-33-13-7-10-20-39(33)46)31-47(48)51(53(44)54)42-27-25-34-14-8-11-21-40(34)49(42)36-16-3-1-4-17-36/h1-32,44-45H. The molecule has 0 radical (unpaired) electrons. The topological polar surface area (TPSA) is 34.1 Å². The maximum absolute atomic E-state index is 14.3. The lowest BCUT2D eigenvalue weighted by molar-refractivity contribution is -0.138. The summed E-state index contributed by atoms with van der Waals surface area (Å²) in [4.78, 5) is 28.6. The van der Waals surface area contributed by atoms with Crippen molar-refractivity contribution >= 4 is 65.4 Å². The number of benzene rings is 10. The normalized spacial score (nSPS) is 15.9. The molecule has 0 N–H and O–H groups in total. The van der Waals surface area contributed by atoms with Crippen LogP contribution in [0.15, 0.2) is 194 Å². The molecule has 2 unspecified atom stereocenters. The molecule has 10 aromatic rings. The van der Waals surface area contributed by atoms with Crippen LogP contribution >= 0.6 is 0 Å². The van der Waals surface area contributed by atoms with E-state index < -0.39 is 11.8 Å². The second-order valence-corrected chi connectivity index (χ2v) is 15.7. The highest BCUT2D eigenvalue weighted by molar-refractivity contribution is 6.45. The molecule has 0 saturated carbocycles. The Labute approximate surface area is 335 Å². The van der Waals surface area contributed by atoms with E-state index in [9.17, 15) is 9.59 Å². The van der Waals surface area contributed by atoms with Gasteiger partial charge in [-0.1, -0.05) is 182 Å². The second kappa shape index (κ2) is 12.5. The van der Waals surface area contributed by atoms with E-state index in [0.29, 0.717) is 0 Å². The fraction of sp³-hybridized carbons (Fsp3) is 0.0357. The molecule has 2 nitrogen and oxygen atoms in total. The Morgan fingerprint density at radius 3 is 1.21 bits per heavy atom. The van der Waals surface area contributed by atoms with Gasteiger partial charge in [0.25, 0.3) is 0 Å². The predicted octanol–water partition coefficient (Wildman–Crippen LogP) is 14.0. The van der Waals surface area contributed by atoms with Crippen molar-refractivity contribution < 1.29 is 9.59 Å². The Bertz CT molecular complexity index is 3430. The van der Waals surface area contributed by atoms with Gasteiger partial charge in [-0.3, -0.25) is 9.59 Å². The van der Waals surface area contributed by atoms with Gasteiger partial charge in [-0.2, -0.15) is 0 Å². The molecule has 2 atom stereocenters. The van der Waals surface area contributed by atoms with Crippen molar-refractivity contribution in [2.75, 3.05) is 0 Å². The summed E-state index contributed by atoms with van der Waals surface area (Å²) in [5.74, 6) is -2.07. The van der Waals surface area contributed by atoms with Crippen LogP contribution in [0.2, 0.25) is 0 Å². The molecule has 10 aromatic carbocycles. The van der Waals surface area contributed by atoms with Crippen LogP contribution in [-0.2, 0) is 9.59 Å². The van der Waals surface area contributed by atoms with E-state index in [1.165, 1.54) is 10.8 Å². The van der Waals surface area contributed by atoms with Crippen LogP contribution in [-0.4, -0.2) is 11.6 Å². The van der Waals surface area contributed by atoms with Crippen molar-refractivity contribution in [2.45, 2.75) is 11.8 Å². The van der Waals surface area contributed by atoms with Crippen molar-refractivity contribution in [1.29, 1.82) is 0 Å². The number of ketones is 2. The van der Waals surface area contributed by atoms with Crippen LogP contribution < -0.4 is 0 Å². The van der Waals surface area contributed by atoms with Crippen molar-refractivity contribution in [3.8, 4) is 44.5 Å². The van der Waals surface area contributed by atoms with Gasteiger partial charge in [-0.25, -0.2) is 0 Å². The molecule has 3 aliphatic carbocycles. The predicted molar refractivity (Wildman–Crippen MR) is 240 cm³/mol. The third-order valence-electron chi connectivity index (χ3n) is 12.7. The van der Waals surface area contributed by atoms with Crippen LogP contribution in [0.25, 0.3) is 98.4 Å². The molecule has 270 valence electrons. The van der Waals surface area contributed by atoms with E-state index in [-0.39, 0.29) is 11.6 Å². The van der Waals surface area contributed by atoms with Gasteiger partial charge in [0, 0.05) is 0 Å². The summed E-state index contributed by atoms with van der Waals surface area (Å²) in [6.45, 7) is 0. The summed E-state index contributed by atoms with van der Waals surface area (Å²) in [6.07, 6.45) is 3.99. The fourth-order valence-corrected chi connectivity index (χ4v) is 10.2. The van der Waals surface area contributed by atoms with E-state index in [1.54, 1.807) is 0 Å². The number of allylic oxidation sites excluding steroid dienone is 2. The van der Waals surface area contributed by atoms with Gasteiger partial charge >= 0.3 is 0 Å². The fourth-order valence-electron chi connectivity index (χ4n) is 10.2. The zero-order chi connectivity index (χ0) is 38.5. The van der Waals surface area contributed by atoms with E-state index in [2.05, 4.69) is 182 Å². The molecule has 2 heteroatoms. The summed E-state index contributed by atoms with van der Waals surface area (Å²) in [5, 5.41) is 11.3. The van der Waals surface area contributed by atoms with Gasteiger partial charge in [-0.15, -0.1) is 0 Å². The first-order chi connectivity index (χ1) is 28.6. The summed E-state index contributed by atoms with van der Waals surface area (Å²) in [7, 11) is 0. The Morgan fingerprint density at radius 2 is 0.690 bits per heavy atom. The number of fused-ring (bicyclic) bond motifs is 7.